The van der Waals surface area contributed by atoms with Crippen LogP contribution in [-0.2, 0) is 0 Å². The van der Waals surface area contributed by atoms with Gasteiger partial charge in [-0.25, -0.2) is 4.79 Å². The standard InChI is InChI=1S/C12H10O4/c1-6-9-5-8(7(2)13)3-4-10(9)16-11(6)12(14)15/h3-5H,1-2H3,(H,14,15). The van der Waals surface area contributed by atoms with E-state index < -0.39 is 5.97 Å². The first kappa shape index (κ1) is 10.4. The van der Waals surface area contributed by atoms with Gasteiger partial charge in [-0.2, -0.15) is 0 Å². The summed E-state index contributed by atoms with van der Waals surface area (Å²) in [4.78, 5) is 22.0. The number of carbonyl (C=O) groups is 2. The molecule has 0 unspecified atom stereocenters. The number of Topliss-reactive ketones (excluding diaryl/α,β-unsaturated/α-hetero) is 1. The molecule has 0 radical (unpaired) electrons. The van der Waals surface area contributed by atoms with Gasteiger partial charge >= 0.3 is 5.97 Å². The second kappa shape index (κ2) is 3.48. The molecule has 16 heavy (non-hydrogen) atoms. The van der Waals surface area contributed by atoms with Crippen LogP contribution in [0.3, 0.4) is 0 Å². The van der Waals surface area contributed by atoms with Gasteiger partial charge in [-0.3, -0.25) is 4.79 Å². The lowest BCUT2D eigenvalue weighted by molar-refractivity contribution is 0.0663. The van der Waals surface area contributed by atoms with Gasteiger partial charge in [-0.15, -0.1) is 0 Å². The number of aryl methyl sites for hydroxylation is 1. The third-order valence-electron chi connectivity index (χ3n) is 2.54. The third-order valence-corrected chi connectivity index (χ3v) is 2.54. The van der Waals surface area contributed by atoms with Crippen molar-refractivity contribution in [1.82, 2.24) is 0 Å². The molecule has 0 aliphatic rings. The normalized spacial score (nSPS) is 10.6. The molecule has 1 aromatic carbocycles. The van der Waals surface area contributed by atoms with Crippen molar-refractivity contribution in [3.05, 3.63) is 35.1 Å². The van der Waals surface area contributed by atoms with Crippen molar-refractivity contribution in [2.45, 2.75) is 13.8 Å². The Morgan fingerprint density at radius 1 is 1.31 bits per heavy atom. The number of rotatable bonds is 2. The van der Waals surface area contributed by atoms with Crippen LogP contribution in [-0.4, -0.2) is 16.9 Å². The Labute approximate surface area is 91.5 Å². The average Bonchev–Trinajstić information content (AvgIpc) is 2.56. The highest BCUT2D eigenvalue weighted by Crippen LogP contribution is 2.26. The summed E-state index contributed by atoms with van der Waals surface area (Å²) in [6.45, 7) is 3.13. The number of aromatic carboxylic acids is 1. The molecular weight excluding hydrogens is 208 g/mol. The van der Waals surface area contributed by atoms with E-state index in [9.17, 15) is 9.59 Å². The number of ketones is 1. The highest BCUT2D eigenvalue weighted by molar-refractivity contribution is 6.00. The molecule has 0 aliphatic heterocycles. The highest BCUT2D eigenvalue weighted by atomic mass is 16.4. The molecule has 0 saturated carbocycles. The molecule has 4 heteroatoms. The zero-order valence-electron chi connectivity index (χ0n) is 8.90. The van der Waals surface area contributed by atoms with Crippen LogP contribution in [0.25, 0.3) is 11.0 Å². The van der Waals surface area contributed by atoms with Gasteiger partial charge in [-0.1, -0.05) is 0 Å². The van der Waals surface area contributed by atoms with Crippen molar-refractivity contribution in [2.24, 2.45) is 0 Å². The molecule has 0 bridgehead atoms. The zero-order valence-corrected chi connectivity index (χ0v) is 8.90. The van der Waals surface area contributed by atoms with E-state index in [2.05, 4.69) is 0 Å². The molecule has 0 spiro atoms. The number of benzene rings is 1. The molecule has 2 rings (SSSR count). The molecule has 0 aliphatic carbocycles. The maximum Gasteiger partial charge on any atom is 0.372 e. The maximum atomic E-state index is 11.2. The molecule has 82 valence electrons. The van der Waals surface area contributed by atoms with Gasteiger partial charge in [0.15, 0.2) is 5.78 Å². The lowest BCUT2D eigenvalue weighted by Crippen LogP contribution is -1.95. The molecule has 0 fully saturated rings. The SMILES string of the molecule is CC(=O)c1ccc2oc(C(=O)O)c(C)c2c1. The quantitative estimate of drug-likeness (QED) is 0.787. The number of carboxylic acids is 1. The Morgan fingerprint density at radius 2 is 2.00 bits per heavy atom. The van der Waals surface area contributed by atoms with Crippen LogP contribution < -0.4 is 0 Å². The van der Waals surface area contributed by atoms with E-state index in [-0.39, 0.29) is 11.5 Å². The van der Waals surface area contributed by atoms with Gasteiger partial charge in [0.05, 0.1) is 0 Å². The summed E-state index contributed by atoms with van der Waals surface area (Å²) >= 11 is 0. The molecule has 1 heterocycles. The van der Waals surface area contributed by atoms with Crippen LogP contribution in [0.5, 0.6) is 0 Å². The van der Waals surface area contributed by atoms with Gasteiger partial charge in [0.2, 0.25) is 5.76 Å². The van der Waals surface area contributed by atoms with Gasteiger partial charge in [0.25, 0.3) is 0 Å². The lowest BCUT2D eigenvalue weighted by Gasteiger charge is -1.94. The minimum absolute atomic E-state index is 0.0561. The maximum absolute atomic E-state index is 11.2. The van der Waals surface area contributed by atoms with E-state index in [1.54, 1.807) is 25.1 Å². The fourth-order valence-electron chi connectivity index (χ4n) is 1.64. The predicted octanol–water partition coefficient (Wildman–Crippen LogP) is 2.64. The first-order valence-electron chi connectivity index (χ1n) is 4.78. The topological polar surface area (TPSA) is 67.5 Å². The summed E-state index contributed by atoms with van der Waals surface area (Å²) in [5.41, 5.74) is 1.58. The van der Waals surface area contributed by atoms with Gasteiger partial charge < -0.3 is 9.52 Å². The summed E-state index contributed by atoms with van der Waals surface area (Å²) in [5.74, 6) is -1.23. The summed E-state index contributed by atoms with van der Waals surface area (Å²) in [5, 5.41) is 9.56. The molecule has 0 amide bonds. The lowest BCUT2D eigenvalue weighted by atomic mass is 10.1. The molecule has 1 aromatic heterocycles. The number of carbonyl (C=O) groups excluding carboxylic acids is 1. The predicted molar refractivity (Wildman–Crippen MR) is 57.9 cm³/mol. The Balaban J connectivity index is 2.73. The second-order valence-corrected chi connectivity index (χ2v) is 3.63. The molecule has 0 atom stereocenters. The minimum atomic E-state index is -1.10. The first-order valence-corrected chi connectivity index (χ1v) is 4.78. The first-order chi connectivity index (χ1) is 7.50. The highest BCUT2D eigenvalue weighted by Gasteiger charge is 2.17. The molecule has 1 N–H and O–H groups in total. The van der Waals surface area contributed by atoms with Crippen molar-refractivity contribution in [2.75, 3.05) is 0 Å². The number of hydrogen-bond acceptors (Lipinski definition) is 3. The average molecular weight is 218 g/mol. The summed E-state index contributed by atoms with van der Waals surface area (Å²) in [6, 6.07) is 4.90. The van der Waals surface area contributed by atoms with E-state index in [0.29, 0.717) is 22.1 Å². The number of fused-ring (bicyclic) bond motifs is 1. The van der Waals surface area contributed by atoms with Crippen molar-refractivity contribution in [3.63, 3.8) is 0 Å². The van der Waals surface area contributed by atoms with E-state index in [1.165, 1.54) is 6.92 Å². The Bertz CT molecular complexity index is 592. The summed E-state index contributed by atoms with van der Waals surface area (Å²) < 4.78 is 5.18. The zero-order chi connectivity index (χ0) is 11.9. The second-order valence-electron chi connectivity index (χ2n) is 3.63. The van der Waals surface area contributed by atoms with Crippen molar-refractivity contribution >= 4 is 22.7 Å². The van der Waals surface area contributed by atoms with E-state index in [0.717, 1.165) is 0 Å². The largest absolute Gasteiger partial charge is 0.475 e. The Kier molecular flexibility index (Phi) is 2.27. The number of furan rings is 1. The van der Waals surface area contributed by atoms with E-state index in [4.69, 9.17) is 9.52 Å². The van der Waals surface area contributed by atoms with Crippen LogP contribution in [0.15, 0.2) is 22.6 Å². The number of hydrogen-bond donors (Lipinski definition) is 1. The Morgan fingerprint density at radius 3 is 2.56 bits per heavy atom. The van der Waals surface area contributed by atoms with E-state index in [1.807, 2.05) is 0 Å². The van der Waals surface area contributed by atoms with Crippen LogP contribution in [0.2, 0.25) is 0 Å². The van der Waals surface area contributed by atoms with E-state index >= 15 is 0 Å². The van der Waals surface area contributed by atoms with Crippen LogP contribution >= 0.6 is 0 Å². The minimum Gasteiger partial charge on any atom is -0.475 e. The summed E-state index contributed by atoms with van der Waals surface area (Å²) in [6.07, 6.45) is 0. The van der Waals surface area contributed by atoms with Gasteiger partial charge in [0, 0.05) is 16.5 Å². The van der Waals surface area contributed by atoms with Gasteiger partial charge in [0.1, 0.15) is 5.58 Å². The summed E-state index contributed by atoms with van der Waals surface area (Å²) in [7, 11) is 0. The van der Waals surface area contributed by atoms with Crippen molar-refractivity contribution < 1.29 is 19.1 Å². The molecule has 0 saturated heterocycles. The number of carboxylic acid groups (broad SMARTS) is 1. The fourth-order valence-corrected chi connectivity index (χ4v) is 1.64. The Hall–Kier alpha value is -2.10. The monoisotopic (exact) mass is 218 g/mol. The smallest absolute Gasteiger partial charge is 0.372 e. The van der Waals surface area contributed by atoms with Crippen molar-refractivity contribution in [1.29, 1.82) is 0 Å². The third kappa shape index (κ3) is 1.48. The van der Waals surface area contributed by atoms with Crippen LogP contribution in [0.1, 0.15) is 33.4 Å². The molecule has 2 aromatic rings. The van der Waals surface area contributed by atoms with Crippen LogP contribution in [0, 0.1) is 6.92 Å². The molecule has 4 nitrogen and oxygen atoms in total. The van der Waals surface area contributed by atoms with Crippen molar-refractivity contribution in [3.8, 4) is 0 Å². The van der Waals surface area contributed by atoms with Crippen LogP contribution in [0.4, 0.5) is 0 Å². The fraction of sp³-hybridized carbons (Fsp3) is 0.167. The van der Waals surface area contributed by atoms with Gasteiger partial charge in [-0.05, 0) is 32.0 Å². The molecular formula is C12H10O4.